The molecule has 0 fully saturated rings. The van der Waals surface area contributed by atoms with Crippen molar-refractivity contribution in [1.82, 2.24) is 15.3 Å². The van der Waals surface area contributed by atoms with Gasteiger partial charge in [-0.1, -0.05) is 40.2 Å². The number of carbonyl (C=O) groups is 2. The van der Waals surface area contributed by atoms with Crippen molar-refractivity contribution >= 4 is 55.4 Å². The van der Waals surface area contributed by atoms with Crippen LogP contribution < -0.4 is 10.0 Å². The van der Waals surface area contributed by atoms with Gasteiger partial charge in [0, 0.05) is 41.8 Å². The number of pyridine rings is 2. The summed E-state index contributed by atoms with van der Waals surface area (Å²) in [5.41, 5.74) is 2.50. The van der Waals surface area contributed by atoms with E-state index in [1.54, 1.807) is 36.5 Å². The lowest BCUT2D eigenvalue weighted by molar-refractivity contribution is -0.140. The fraction of sp³-hybridized carbons (Fsp3) is 0.125. The minimum atomic E-state index is -1.81. The summed E-state index contributed by atoms with van der Waals surface area (Å²) in [7, 11) is 0.850. The molecule has 1 amide bonds. The van der Waals surface area contributed by atoms with Gasteiger partial charge in [0.2, 0.25) is 5.95 Å². The van der Waals surface area contributed by atoms with Crippen LogP contribution in [0.25, 0.3) is 22.0 Å². The van der Waals surface area contributed by atoms with Gasteiger partial charge >= 0.3 is 5.97 Å². The van der Waals surface area contributed by atoms with E-state index >= 15 is 0 Å². The highest BCUT2D eigenvalue weighted by Crippen LogP contribution is 2.26. The van der Waals surface area contributed by atoms with Crippen LogP contribution in [0.2, 0.25) is 0 Å². The SMILES string of the molecule is CNC(=O)c1c(F)cc(NS(=O)c2ccc(-c3ccnc(F)c3)cc2)cc1F.COC(=O)CCc1ccc(Br)c2cccnc12. The highest BCUT2D eigenvalue weighted by Gasteiger charge is 2.18. The third kappa shape index (κ3) is 8.52. The van der Waals surface area contributed by atoms with Crippen LogP contribution in [0.15, 0.2) is 94.6 Å². The Morgan fingerprint density at radius 1 is 0.911 bits per heavy atom. The number of amides is 1. The maximum atomic E-state index is 14.0. The first-order valence-electron chi connectivity index (χ1n) is 13.3. The molecule has 2 N–H and O–H groups in total. The molecule has 232 valence electrons. The second kappa shape index (κ2) is 15.4. The van der Waals surface area contributed by atoms with Gasteiger partial charge in [-0.15, -0.1) is 0 Å². The van der Waals surface area contributed by atoms with E-state index in [-0.39, 0.29) is 11.7 Å². The normalized spacial score (nSPS) is 11.2. The molecule has 5 rings (SSSR count). The summed E-state index contributed by atoms with van der Waals surface area (Å²) >= 11 is 3.49. The van der Waals surface area contributed by atoms with Gasteiger partial charge < -0.3 is 14.8 Å². The van der Waals surface area contributed by atoms with E-state index in [9.17, 15) is 27.0 Å². The number of ether oxygens (including phenoxy) is 1. The van der Waals surface area contributed by atoms with Crippen molar-refractivity contribution in [1.29, 1.82) is 0 Å². The molecule has 0 saturated carbocycles. The van der Waals surface area contributed by atoms with Gasteiger partial charge in [-0.05, 0) is 65.6 Å². The van der Waals surface area contributed by atoms with Crippen LogP contribution in [0.4, 0.5) is 18.9 Å². The Labute approximate surface area is 267 Å². The molecule has 0 bridgehead atoms. The van der Waals surface area contributed by atoms with E-state index in [0.717, 1.165) is 33.1 Å². The predicted molar refractivity (Wildman–Crippen MR) is 169 cm³/mol. The summed E-state index contributed by atoms with van der Waals surface area (Å²) in [5.74, 6) is -3.86. The molecule has 8 nitrogen and oxygen atoms in total. The number of anilines is 1. The fourth-order valence-corrected chi connectivity index (χ4v) is 5.52. The maximum Gasteiger partial charge on any atom is 0.305 e. The highest BCUT2D eigenvalue weighted by molar-refractivity contribution is 9.10. The molecule has 0 spiro atoms. The molecule has 0 aliphatic carbocycles. The second-order valence-electron chi connectivity index (χ2n) is 9.34. The number of esters is 1. The van der Waals surface area contributed by atoms with Gasteiger partial charge in [-0.2, -0.15) is 4.39 Å². The zero-order chi connectivity index (χ0) is 32.5. The number of nitrogens with one attached hydrogen (secondary N) is 2. The zero-order valence-electron chi connectivity index (χ0n) is 23.9. The molecule has 45 heavy (non-hydrogen) atoms. The van der Waals surface area contributed by atoms with Crippen molar-refractivity contribution in [2.75, 3.05) is 18.9 Å². The Morgan fingerprint density at radius 3 is 2.27 bits per heavy atom. The van der Waals surface area contributed by atoms with Crippen LogP contribution in [0.5, 0.6) is 0 Å². The summed E-state index contributed by atoms with van der Waals surface area (Å²) < 4.78 is 61.8. The fourth-order valence-electron chi connectivity index (χ4n) is 4.23. The van der Waals surface area contributed by atoms with E-state index in [1.807, 2.05) is 24.3 Å². The van der Waals surface area contributed by atoms with Crippen LogP contribution in [0, 0.1) is 17.6 Å². The van der Waals surface area contributed by atoms with Gasteiger partial charge in [0.15, 0.2) is 0 Å². The zero-order valence-corrected chi connectivity index (χ0v) is 26.3. The first-order valence-corrected chi connectivity index (χ1v) is 15.3. The molecule has 1 unspecified atom stereocenters. The summed E-state index contributed by atoms with van der Waals surface area (Å²) in [4.78, 5) is 30.8. The van der Waals surface area contributed by atoms with Crippen LogP contribution >= 0.6 is 15.9 Å². The van der Waals surface area contributed by atoms with Crippen LogP contribution in [-0.2, 0) is 26.9 Å². The highest BCUT2D eigenvalue weighted by atomic mass is 79.9. The molecule has 0 aliphatic heterocycles. The number of methoxy groups -OCH3 is 1. The summed E-state index contributed by atoms with van der Waals surface area (Å²) in [6.07, 6.45) is 4.12. The first-order chi connectivity index (χ1) is 21.6. The Hall–Kier alpha value is -4.62. The van der Waals surface area contributed by atoms with Crippen molar-refractivity contribution in [2.45, 2.75) is 17.7 Å². The van der Waals surface area contributed by atoms with Gasteiger partial charge in [0.05, 0.1) is 23.2 Å². The van der Waals surface area contributed by atoms with E-state index in [4.69, 9.17) is 0 Å². The van der Waals surface area contributed by atoms with Crippen LogP contribution in [0.1, 0.15) is 22.3 Å². The molecular weight excluding hydrogens is 673 g/mol. The number of aromatic nitrogens is 2. The Kier molecular flexibility index (Phi) is 11.4. The third-order valence-corrected chi connectivity index (χ3v) is 8.27. The van der Waals surface area contributed by atoms with Crippen molar-refractivity contribution in [3.05, 3.63) is 118 Å². The van der Waals surface area contributed by atoms with Crippen LogP contribution in [0.3, 0.4) is 0 Å². The number of rotatable bonds is 8. The average molecular weight is 700 g/mol. The molecule has 2 aromatic heterocycles. The Morgan fingerprint density at radius 2 is 1.62 bits per heavy atom. The number of carbonyl (C=O) groups excluding carboxylic acids is 2. The number of hydrogen-bond acceptors (Lipinski definition) is 6. The van der Waals surface area contributed by atoms with Crippen molar-refractivity contribution < 1.29 is 31.7 Å². The number of fused-ring (bicyclic) bond motifs is 1. The molecule has 5 aromatic rings. The number of hydrogen-bond donors (Lipinski definition) is 2. The molecule has 2 heterocycles. The van der Waals surface area contributed by atoms with Crippen molar-refractivity contribution in [3.8, 4) is 11.1 Å². The van der Waals surface area contributed by atoms with Gasteiger partial charge in [-0.3, -0.25) is 14.6 Å². The number of benzene rings is 3. The molecular formula is C32H26BrF3N4O4S. The minimum absolute atomic E-state index is 0.0822. The summed E-state index contributed by atoms with van der Waals surface area (Å²) in [5, 5.41) is 3.21. The summed E-state index contributed by atoms with van der Waals surface area (Å²) in [6, 6.07) is 18.9. The lowest BCUT2D eigenvalue weighted by Gasteiger charge is -2.10. The molecule has 3 aromatic carbocycles. The predicted octanol–water partition coefficient (Wildman–Crippen LogP) is 6.76. The number of halogens is 4. The Bertz CT molecular complexity index is 1850. The topological polar surface area (TPSA) is 110 Å². The standard InChI is InChI=1S/C19H14F3N3O2S.C13H12BrNO2/c1-23-19(26)18-15(20)9-13(10-16(18)21)25-28(27)14-4-2-11(3-5-14)12-6-7-24-17(22)8-12;1-17-12(16)7-5-9-4-6-11(14)10-3-2-8-15-13(9)10/h2-10,25H,1H3,(H,23,26);2-4,6,8H,5,7H2,1H3. The van der Waals surface area contributed by atoms with E-state index in [0.29, 0.717) is 28.9 Å². The lowest BCUT2D eigenvalue weighted by Crippen LogP contribution is -2.21. The van der Waals surface area contributed by atoms with E-state index < -0.39 is 40.0 Å². The van der Waals surface area contributed by atoms with E-state index in [2.05, 4.69) is 40.7 Å². The average Bonchev–Trinajstić information content (AvgIpc) is 3.04. The molecule has 1 atom stereocenters. The third-order valence-electron chi connectivity index (χ3n) is 6.46. The van der Waals surface area contributed by atoms with Gasteiger partial charge in [0.1, 0.15) is 28.2 Å². The molecule has 0 aliphatic rings. The quantitative estimate of drug-likeness (QED) is 0.137. The minimum Gasteiger partial charge on any atom is -0.469 e. The van der Waals surface area contributed by atoms with Crippen molar-refractivity contribution in [2.24, 2.45) is 0 Å². The molecule has 0 radical (unpaired) electrons. The first kappa shape index (κ1) is 33.3. The van der Waals surface area contributed by atoms with Gasteiger partial charge in [0.25, 0.3) is 5.91 Å². The van der Waals surface area contributed by atoms with Crippen LogP contribution in [-0.4, -0.2) is 40.2 Å². The van der Waals surface area contributed by atoms with Crippen molar-refractivity contribution in [3.63, 3.8) is 0 Å². The monoisotopic (exact) mass is 698 g/mol. The number of aryl methyl sites for hydroxylation is 1. The largest absolute Gasteiger partial charge is 0.469 e. The Balaban J connectivity index is 0.000000231. The number of nitrogens with zero attached hydrogens (tertiary/aromatic N) is 2. The maximum absolute atomic E-state index is 14.0. The van der Waals surface area contributed by atoms with E-state index in [1.165, 1.54) is 26.4 Å². The smallest absolute Gasteiger partial charge is 0.305 e. The summed E-state index contributed by atoms with van der Waals surface area (Å²) in [6.45, 7) is 0. The molecule has 0 saturated heterocycles. The lowest BCUT2D eigenvalue weighted by atomic mass is 10.1. The second-order valence-corrected chi connectivity index (χ2v) is 11.4. The molecule has 13 heteroatoms. The van der Waals surface area contributed by atoms with Gasteiger partial charge in [-0.25, -0.2) is 18.0 Å².